The Bertz CT molecular complexity index is 447. The highest BCUT2D eigenvalue weighted by atomic mass is 16.3. The van der Waals surface area contributed by atoms with E-state index in [-0.39, 0.29) is 6.04 Å². The highest BCUT2D eigenvalue weighted by Crippen LogP contribution is 2.22. The summed E-state index contributed by atoms with van der Waals surface area (Å²) in [7, 11) is 0. The number of nitrogens with one attached hydrogen (secondary N) is 1. The van der Waals surface area contributed by atoms with Gasteiger partial charge in [0, 0.05) is 12.2 Å². The molecule has 0 aliphatic rings. The SMILES string of the molecule is C=CC(C)Nc1nccc2occc12. The smallest absolute Gasteiger partial charge is 0.139 e. The maximum atomic E-state index is 5.27. The number of furan rings is 1. The third-order valence-corrected chi connectivity index (χ3v) is 2.10. The van der Waals surface area contributed by atoms with Crippen LogP contribution in [-0.2, 0) is 0 Å². The highest BCUT2D eigenvalue weighted by Gasteiger charge is 2.05. The monoisotopic (exact) mass is 188 g/mol. The van der Waals surface area contributed by atoms with Gasteiger partial charge in [-0.1, -0.05) is 6.08 Å². The van der Waals surface area contributed by atoms with E-state index in [0.717, 1.165) is 16.8 Å². The van der Waals surface area contributed by atoms with Gasteiger partial charge >= 0.3 is 0 Å². The average molecular weight is 188 g/mol. The summed E-state index contributed by atoms with van der Waals surface area (Å²) in [5.41, 5.74) is 0.846. The molecule has 2 rings (SSSR count). The van der Waals surface area contributed by atoms with Crippen LogP contribution in [0.1, 0.15) is 6.92 Å². The van der Waals surface area contributed by atoms with Crippen molar-refractivity contribution in [3.05, 3.63) is 37.2 Å². The van der Waals surface area contributed by atoms with Crippen LogP contribution >= 0.6 is 0 Å². The minimum absolute atomic E-state index is 0.197. The third kappa shape index (κ3) is 1.48. The lowest BCUT2D eigenvalue weighted by Crippen LogP contribution is -2.12. The molecule has 0 aromatic carbocycles. The van der Waals surface area contributed by atoms with Crippen molar-refractivity contribution in [1.29, 1.82) is 0 Å². The van der Waals surface area contributed by atoms with Crippen LogP contribution in [0.15, 0.2) is 41.7 Å². The van der Waals surface area contributed by atoms with Crippen LogP contribution in [0.25, 0.3) is 11.0 Å². The Kier molecular flexibility index (Phi) is 2.23. The first-order valence-corrected chi connectivity index (χ1v) is 4.52. The standard InChI is InChI=1S/C11H12N2O/c1-3-8(2)13-11-9-5-7-14-10(9)4-6-12-11/h3-8H,1H2,2H3,(H,12,13). The molecule has 1 N–H and O–H groups in total. The van der Waals surface area contributed by atoms with Crippen molar-refractivity contribution >= 4 is 16.8 Å². The number of pyridine rings is 1. The first kappa shape index (κ1) is 8.81. The molecule has 1 atom stereocenters. The first-order chi connectivity index (χ1) is 6.81. The van der Waals surface area contributed by atoms with Gasteiger partial charge in [0.1, 0.15) is 11.4 Å². The van der Waals surface area contributed by atoms with Crippen LogP contribution in [0.5, 0.6) is 0 Å². The molecule has 0 saturated carbocycles. The van der Waals surface area contributed by atoms with Crippen molar-refractivity contribution in [1.82, 2.24) is 4.98 Å². The Hall–Kier alpha value is -1.77. The number of hydrogen-bond donors (Lipinski definition) is 1. The summed E-state index contributed by atoms with van der Waals surface area (Å²) in [5, 5.41) is 4.23. The Morgan fingerprint density at radius 1 is 1.57 bits per heavy atom. The van der Waals surface area contributed by atoms with E-state index in [1.165, 1.54) is 0 Å². The van der Waals surface area contributed by atoms with Crippen LogP contribution in [-0.4, -0.2) is 11.0 Å². The van der Waals surface area contributed by atoms with Crippen molar-refractivity contribution < 1.29 is 4.42 Å². The number of aromatic nitrogens is 1. The van der Waals surface area contributed by atoms with E-state index in [2.05, 4.69) is 16.9 Å². The second-order valence-electron chi connectivity index (χ2n) is 3.16. The Balaban J connectivity index is 2.41. The molecule has 14 heavy (non-hydrogen) atoms. The molecule has 0 amide bonds. The van der Waals surface area contributed by atoms with Gasteiger partial charge in [-0.05, 0) is 19.1 Å². The van der Waals surface area contributed by atoms with Gasteiger partial charge in [0.15, 0.2) is 0 Å². The second-order valence-corrected chi connectivity index (χ2v) is 3.16. The molecular weight excluding hydrogens is 176 g/mol. The van der Waals surface area contributed by atoms with Gasteiger partial charge in [0.25, 0.3) is 0 Å². The quantitative estimate of drug-likeness (QED) is 0.752. The van der Waals surface area contributed by atoms with E-state index in [1.807, 2.05) is 25.1 Å². The predicted octanol–water partition coefficient (Wildman–Crippen LogP) is 2.81. The number of anilines is 1. The van der Waals surface area contributed by atoms with E-state index in [9.17, 15) is 0 Å². The fraction of sp³-hybridized carbons (Fsp3) is 0.182. The molecule has 2 heterocycles. The van der Waals surface area contributed by atoms with Crippen LogP contribution in [0.4, 0.5) is 5.82 Å². The number of fused-ring (bicyclic) bond motifs is 1. The summed E-state index contributed by atoms with van der Waals surface area (Å²) >= 11 is 0. The molecule has 2 aromatic heterocycles. The fourth-order valence-electron chi connectivity index (χ4n) is 1.28. The largest absolute Gasteiger partial charge is 0.464 e. The van der Waals surface area contributed by atoms with Crippen molar-refractivity contribution in [3.8, 4) is 0 Å². The van der Waals surface area contributed by atoms with E-state index in [1.54, 1.807) is 12.5 Å². The molecule has 0 saturated heterocycles. The van der Waals surface area contributed by atoms with Gasteiger partial charge in [-0.15, -0.1) is 6.58 Å². The van der Waals surface area contributed by atoms with Gasteiger partial charge in [-0.2, -0.15) is 0 Å². The summed E-state index contributed by atoms with van der Waals surface area (Å²) in [6.07, 6.45) is 5.22. The molecule has 0 spiro atoms. The molecular formula is C11H12N2O. The molecule has 1 unspecified atom stereocenters. The Morgan fingerprint density at radius 2 is 2.43 bits per heavy atom. The summed E-state index contributed by atoms with van der Waals surface area (Å²) in [6.45, 7) is 5.73. The summed E-state index contributed by atoms with van der Waals surface area (Å²) in [4.78, 5) is 4.25. The lowest BCUT2D eigenvalue weighted by Gasteiger charge is -2.09. The zero-order valence-electron chi connectivity index (χ0n) is 8.03. The average Bonchev–Trinajstić information content (AvgIpc) is 2.66. The first-order valence-electron chi connectivity index (χ1n) is 4.52. The minimum Gasteiger partial charge on any atom is -0.464 e. The summed E-state index contributed by atoms with van der Waals surface area (Å²) in [5.74, 6) is 0.837. The maximum absolute atomic E-state index is 5.27. The Morgan fingerprint density at radius 3 is 3.21 bits per heavy atom. The van der Waals surface area contributed by atoms with E-state index in [0.29, 0.717) is 0 Å². The molecule has 0 radical (unpaired) electrons. The van der Waals surface area contributed by atoms with Gasteiger partial charge < -0.3 is 9.73 Å². The molecule has 0 bridgehead atoms. The van der Waals surface area contributed by atoms with Crippen LogP contribution in [0.3, 0.4) is 0 Å². The number of nitrogens with zero attached hydrogens (tertiary/aromatic N) is 1. The lowest BCUT2D eigenvalue weighted by molar-refractivity contribution is 0.615. The normalized spacial score (nSPS) is 12.6. The molecule has 3 nitrogen and oxygen atoms in total. The second kappa shape index (κ2) is 3.54. The van der Waals surface area contributed by atoms with Crippen LogP contribution < -0.4 is 5.32 Å². The van der Waals surface area contributed by atoms with E-state index < -0.39 is 0 Å². The van der Waals surface area contributed by atoms with Gasteiger partial charge in [-0.25, -0.2) is 4.98 Å². The van der Waals surface area contributed by atoms with Crippen molar-refractivity contribution in [2.45, 2.75) is 13.0 Å². The van der Waals surface area contributed by atoms with Crippen molar-refractivity contribution in [2.75, 3.05) is 5.32 Å². The Labute approximate surface area is 82.4 Å². The van der Waals surface area contributed by atoms with Crippen LogP contribution in [0.2, 0.25) is 0 Å². The minimum atomic E-state index is 0.197. The van der Waals surface area contributed by atoms with Gasteiger partial charge in [0.05, 0.1) is 11.6 Å². The molecule has 0 fully saturated rings. The molecule has 72 valence electrons. The zero-order chi connectivity index (χ0) is 9.97. The lowest BCUT2D eigenvalue weighted by atomic mass is 10.3. The van der Waals surface area contributed by atoms with E-state index >= 15 is 0 Å². The third-order valence-electron chi connectivity index (χ3n) is 2.10. The zero-order valence-corrected chi connectivity index (χ0v) is 8.03. The van der Waals surface area contributed by atoms with E-state index in [4.69, 9.17) is 4.42 Å². The highest BCUT2D eigenvalue weighted by molar-refractivity contribution is 5.87. The fourth-order valence-corrected chi connectivity index (χ4v) is 1.28. The molecule has 3 heteroatoms. The van der Waals surface area contributed by atoms with Crippen molar-refractivity contribution in [3.63, 3.8) is 0 Å². The van der Waals surface area contributed by atoms with Crippen LogP contribution in [0, 0.1) is 0 Å². The van der Waals surface area contributed by atoms with Gasteiger partial charge in [0.2, 0.25) is 0 Å². The molecule has 2 aromatic rings. The number of hydrogen-bond acceptors (Lipinski definition) is 3. The maximum Gasteiger partial charge on any atom is 0.139 e. The van der Waals surface area contributed by atoms with Crippen molar-refractivity contribution in [2.24, 2.45) is 0 Å². The van der Waals surface area contributed by atoms with Gasteiger partial charge in [-0.3, -0.25) is 0 Å². The predicted molar refractivity (Wildman–Crippen MR) is 57.3 cm³/mol. The molecule has 0 aliphatic carbocycles. The number of rotatable bonds is 3. The summed E-state index contributed by atoms with van der Waals surface area (Å²) in [6, 6.07) is 3.95. The topological polar surface area (TPSA) is 38.1 Å². The summed E-state index contributed by atoms with van der Waals surface area (Å²) < 4.78 is 5.27. The molecule has 0 aliphatic heterocycles.